The Hall–Kier alpha value is -2.94. The van der Waals surface area contributed by atoms with Gasteiger partial charge in [0.25, 0.3) is 5.91 Å². The van der Waals surface area contributed by atoms with Crippen molar-refractivity contribution in [1.82, 2.24) is 5.32 Å². The van der Waals surface area contributed by atoms with Gasteiger partial charge in [0.05, 0.1) is 0 Å². The van der Waals surface area contributed by atoms with Crippen LogP contribution in [0.15, 0.2) is 54.1 Å². The van der Waals surface area contributed by atoms with E-state index in [2.05, 4.69) is 5.32 Å². The summed E-state index contributed by atoms with van der Waals surface area (Å²) in [4.78, 5) is 12.1. The molecule has 0 aliphatic rings. The highest BCUT2D eigenvalue weighted by atomic mass is 35.5. The van der Waals surface area contributed by atoms with Gasteiger partial charge >= 0.3 is 0 Å². The van der Waals surface area contributed by atoms with Crippen molar-refractivity contribution < 1.29 is 15.0 Å². The molecular weight excluding hydrogens is 399 g/mol. The smallest absolute Gasteiger partial charge is 0.262 e. The minimum atomic E-state index is -0.554. The lowest BCUT2D eigenvalue weighted by Crippen LogP contribution is -2.24. The van der Waals surface area contributed by atoms with Crippen molar-refractivity contribution >= 4 is 35.2 Å². The fourth-order valence-electron chi connectivity index (χ4n) is 2.07. The van der Waals surface area contributed by atoms with Crippen LogP contribution in [0.4, 0.5) is 0 Å². The predicted octanol–water partition coefficient (Wildman–Crippen LogP) is 5.21. The second-order valence-corrected chi connectivity index (χ2v) is 6.10. The van der Waals surface area contributed by atoms with E-state index in [1.54, 1.807) is 24.3 Å². The molecule has 5 nitrogen and oxygen atoms in total. The predicted molar refractivity (Wildman–Crippen MR) is 112 cm³/mol. The number of allylic oxidation sites excluding steroid dienone is 2. The third-order valence-corrected chi connectivity index (χ3v) is 3.88. The Bertz CT molecular complexity index is 911. The maximum absolute atomic E-state index is 12.1. The van der Waals surface area contributed by atoms with Gasteiger partial charge in [-0.3, -0.25) is 4.79 Å². The van der Waals surface area contributed by atoms with Gasteiger partial charge in [0.15, 0.2) is 0 Å². The van der Waals surface area contributed by atoms with Gasteiger partial charge in [0.2, 0.25) is 0 Å². The van der Waals surface area contributed by atoms with E-state index in [-0.39, 0.29) is 23.6 Å². The van der Waals surface area contributed by atoms with Crippen LogP contribution in [0.3, 0.4) is 0 Å². The topological polar surface area (TPSA) is 93.3 Å². The number of halogens is 2. The van der Waals surface area contributed by atoms with E-state index >= 15 is 0 Å². The SMILES string of the molecule is CC.N#C/C(=C\C=C\c1cc(O)cc(O)c1)C(=O)NCc1ccc(Cl)cc1Cl. The van der Waals surface area contributed by atoms with Crippen LogP contribution in [-0.4, -0.2) is 16.1 Å². The molecule has 0 atom stereocenters. The van der Waals surface area contributed by atoms with Crippen LogP contribution in [0.5, 0.6) is 11.5 Å². The molecule has 2 aromatic rings. The van der Waals surface area contributed by atoms with Crippen molar-refractivity contribution in [2.45, 2.75) is 20.4 Å². The minimum Gasteiger partial charge on any atom is -0.508 e. The number of hydrogen-bond acceptors (Lipinski definition) is 4. The Morgan fingerprint density at radius 3 is 2.36 bits per heavy atom. The highest BCUT2D eigenvalue weighted by molar-refractivity contribution is 6.35. The zero-order valence-corrected chi connectivity index (χ0v) is 16.9. The first-order valence-electron chi connectivity index (χ1n) is 8.42. The molecule has 0 fully saturated rings. The molecule has 0 aliphatic heterocycles. The third kappa shape index (κ3) is 7.36. The van der Waals surface area contributed by atoms with E-state index in [4.69, 9.17) is 28.5 Å². The van der Waals surface area contributed by atoms with E-state index < -0.39 is 5.91 Å². The summed E-state index contributed by atoms with van der Waals surface area (Å²) in [6.07, 6.45) is 4.35. The van der Waals surface area contributed by atoms with E-state index in [1.807, 2.05) is 19.9 Å². The molecule has 2 rings (SSSR count). The highest BCUT2D eigenvalue weighted by Gasteiger charge is 2.09. The number of hydrogen-bond donors (Lipinski definition) is 3. The van der Waals surface area contributed by atoms with Crippen molar-refractivity contribution in [3.63, 3.8) is 0 Å². The number of amides is 1. The molecule has 0 heterocycles. The normalized spacial score (nSPS) is 10.8. The van der Waals surface area contributed by atoms with Gasteiger partial charge in [0, 0.05) is 22.7 Å². The Morgan fingerprint density at radius 1 is 1.14 bits per heavy atom. The van der Waals surface area contributed by atoms with E-state index in [0.717, 1.165) is 0 Å². The second-order valence-electron chi connectivity index (χ2n) is 5.25. The van der Waals surface area contributed by atoms with Crippen LogP contribution < -0.4 is 5.32 Å². The molecule has 0 aliphatic carbocycles. The van der Waals surface area contributed by atoms with Crippen LogP contribution >= 0.6 is 23.2 Å². The molecule has 7 heteroatoms. The minimum absolute atomic E-state index is 0.0910. The standard InChI is InChI=1S/C19H14Cl2N2O3.C2H6/c20-15-5-4-14(18(21)8-15)11-23-19(26)13(10-22)3-1-2-12-6-16(24)9-17(25)7-12;1-2/h1-9,24-25H,11H2,(H,23,26);1-2H3/b2-1+,13-3+;. The lowest BCUT2D eigenvalue weighted by atomic mass is 10.1. The van der Waals surface area contributed by atoms with Crippen molar-refractivity contribution in [1.29, 1.82) is 5.26 Å². The first kappa shape index (κ1) is 23.1. The van der Waals surface area contributed by atoms with Crippen LogP contribution in [0.25, 0.3) is 6.08 Å². The molecule has 0 bridgehead atoms. The van der Waals surface area contributed by atoms with Crippen molar-refractivity contribution in [3.05, 3.63) is 75.3 Å². The van der Waals surface area contributed by atoms with E-state index in [1.165, 1.54) is 30.4 Å². The van der Waals surface area contributed by atoms with Gasteiger partial charge in [-0.05, 0) is 41.5 Å². The quantitative estimate of drug-likeness (QED) is 0.352. The number of carbonyl (C=O) groups is 1. The Balaban J connectivity index is 0.00000190. The van der Waals surface area contributed by atoms with Crippen LogP contribution in [0.2, 0.25) is 10.0 Å². The van der Waals surface area contributed by atoms with Gasteiger partial charge < -0.3 is 15.5 Å². The lowest BCUT2D eigenvalue weighted by molar-refractivity contribution is -0.117. The summed E-state index contributed by atoms with van der Waals surface area (Å²) in [7, 11) is 0. The number of rotatable bonds is 5. The maximum atomic E-state index is 12.1. The Morgan fingerprint density at radius 2 is 1.79 bits per heavy atom. The molecule has 0 spiro atoms. The summed E-state index contributed by atoms with van der Waals surface area (Å²) in [5.74, 6) is -0.736. The molecule has 0 unspecified atom stereocenters. The first-order chi connectivity index (χ1) is 13.4. The third-order valence-electron chi connectivity index (χ3n) is 3.30. The molecular formula is C21H20Cl2N2O3. The summed E-state index contributed by atoms with van der Waals surface area (Å²) in [6.45, 7) is 4.15. The zero-order valence-electron chi connectivity index (χ0n) is 15.4. The number of phenolic OH excluding ortho intramolecular Hbond substituents is 2. The summed E-state index contributed by atoms with van der Waals surface area (Å²) >= 11 is 11.9. The Kier molecular flexibility index (Phi) is 9.66. The molecule has 28 heavy (non-hydrogen) atoms. The molecule has 2 aromatic carbocycles. The van der Waals surface area contributed by atoms with Gasteiger partial charge in [-0.2, -0.15) is 5.26 Å². The van der Waals surface area contributed by atoms with Gasteiger partial charge in [-0.1, -0.05) is 55.3 Å². The van der Waals surface area contributed by atoms with Crippen LogP contribution in [-0.2, 0) is 11.3 Å². The summed E-state index contributed by atoms with van der Waals surface area (Å²) in [6, 6.07) is 10.8. The average molecular weight is 419 g/mol. The summed E-state index contributed by atoms with van der Waals surface area (Å²) < 4.78 is 0. The number of carbonyl (C=O) groups excluding carboxylic acids is 1. The molecule has 1 amide bonds. The number of nitrogens with zero attached hydrogens (tertiary/aromatic N) is 1. The second kappa shape index (κ2) is 11.7. The molecule has 0 radical (unpaired) electrons. The Labute approximate surface area is 174 Å². The van der Waals surface area contributed by atoms with Crippen molar-refractivity contribution in [2.75, 3.05) is 0 Å². The average Bonchev–Trinajstić information content (AvgIpc) is 2.65. The molecule has 146 valence electrons. The molecule has 0 saturated heterocycles. The monoisotopic (exact) mass is 418 g/mol. The lowest BCUT2D eigenvalue weighted by Gasteiger charge is -2.06. The molecule has 0 saturated carbocycles. The fraction of sp³-hybridized carbons (Fsp3) is 0.143. The van der Waals surface area contributed by atoms with Crippen molar-refractivity contribution in [2.24, 2.45) is 0 Å². The number of benzene rings is 2. The van der Waals surface area contributed by atoms with Gasteiger partial charge in [0.1, 0.15) is 23.1 Å². The van der Waals surface area contributed by atoms with Crippen LogP contribution in [0, 0.1) is 11.3 Å². The number of aromatic hydroxyl groups is 2. The van der Waals surface area contributed by atoms with E-state index in [0.29, 0.717) is 21.2 Å². The van der Waals surface area contributed by atoms with Crippen LogP contribution in [0.1, 0.15) is 25.0 Å². The maximum Gasteiger partial charge on any atom is 0.262 e. The van der Waals surface area contributed by atoms with Gasteiger partial charge in [-0.25, -0.2) is 0 Å². The fourth-order valence-corrected chi connectivity index (χ4v) is 2.54. The van der Waals surface area contributed by atoms with Gasteiger partial charge in [-0.15, -0.1) is 0 Å². The number of nitriles is 1. The molecule has 3 N–H and O–H groups in total. The summed E-state index contributed by atoms with van der Waals surface area (Å²) in [5.41, 5.74) is 1.09. The largest absolute Gasteiger partial charge is 0.508 e. The van der Waals surface area contributed by atoms with E-state index in [9.17, 15) is 15.0 Å². The number of nitrogens with one attached hydrogen (secondary N) is 1. The first-order valence-corrected chi connectivity index (χ1v) is 9.18. The highest BCUT2D eigenvalue weighted by Crippen LogP contribution is 2.22. The molecule has 0 aromatic heterocycles. The zero-order chi connectivity index (χ0) is 21.1. The number of phenols is 2. The summed E-state index contributed by atoms with van der Waals surface area (Å²) in [5, 5.41) is 31.5. The van der Waals surface area contributed by atoms with Crippen molar-refractivity contribution in [3.8, 4) is 17.6 Å².